The highest BCUT2D eigenvalue weighted by Gasteiger charge is 2.44. The fourth-order valence-electron chi connectivity index (χ4n) is 4.97. The summed E-state index contributed by atoms with van der Waals surface area (Å²) in [6.07, 6.45) is -4.08. The molecule has 13 heteroatoms. The van der Waals surface area contributed by atoms with Crippen molar-refractivity contribution in [3.8, 4) is 5.88 Å². The summed E-state index contributed by atoms with van der Waals surface area (Å²) in [5, 5.41) is 10.5. The molecule has 0 radical (unpaired) electrons. The number of hydrogen-bond acceptors (Lipinski definition) is 7. The monoisotopic (exact) mass is 502 g/mol. The summed E-state index contributed by atoms with van der Waals surface area (Å²) < 4.78 is 51.1. The van der Waals surface area contributed by atoms with Crippen molar-refractivity contribution in [2.45, 2.75) is 12.3 Å². The van der Waals surface area contributed by atoms with Gasteiger partial charge in [-0.1, -0.05) is 0 Å². The van der Waals surface area contributed by atoms with Crippen molar-refractivity contribution in [3.63, 3.8) is 0 Å². The predicted molar refractivity (Wildman–Crippen MR) is 117 cm³/mol. The molecule has 1 aromatic carbocycles. The van der Waals surface area contributed by atoms with Gasteiger partial charge in [0.2, 0.25) is 5.88 Å². The van der Waals surface area contributed by atoms with E-state index < -0.39 is 29.6 Å². The first-order valence-electron chi connectivity index (χ1n) is 11.5. The topological polar surface area (TPSA) is 114 Å². The van der Waals surface area contributed by atoms with Gasteiger partial charge in [0, 0.05) is 49.8 Å². The summed E-state index contributed by atoms with van der Waals surface area (Å²) in [5.41, 5.74) is 0.541. The van der Waals surface area contributed by atoms with Crippen LogP contribution in [-0.2, 0) is 10.9 Å². The zero-order chi connectivity index (χ0) is 25.0. The molecule has 3 aliphatic rings. The Morgan fingerprint density at radius 2 is 1.58 bits per heavy atom. The number of amides is 2. The average molecular weight is 502 g/mol. The van der Waals surface area contributed by atoms with E-state index in [2.05, 4.69) is 20.4 Å². The Labute approximate surface area is 202 Å². The average Bonchev–Trinajstić information content (AvgIpc) is 3.54. The molecule has 3 aromatic rings. The number of nitrogens with one attached hydrogen (secondary N) is 1. The number of benzene rings is 1. The lowest BCUT2D eigenvalue weighted by Crippen LogP contribution is -2.39. The molecule has 1 unspecified atom stereocenters. The number of halogens is 3. The Balaban J connectivity index is 1.13. The number of fused-ring (bicyclic) bond motifs is 2. The van der Waals surface area contributed by atoms with Gasteiger partial charge in [-0.2, -0.15) is 28.6 Å². The third kappa shape index (κ3) is 4.02. The highest BCUT2D eigenvalue weighted by molar-refractivity contribution is 5.97. The van der Waals surface area contributed by atoms with Crippen LogP contribution in [0, 0.1) is 11.8 Å². The van der Waals surface area contributed by atoms with Gasteiger partial charge < -0.3 is 19.3 Å². The first kappa shape index (κ1) is 22.7. The van der Waals surface area contributed by atoms with Gasteiger partial charge in [-0.25, -0.2) is 4.98 Å². The number of ether oxygens (including phenoxy) is 2. The number of carbonyl (C=O) groups is 2. The van der Waals surface area contributed by atoms with Crippen LogP contribution in [0.5, 0.6) is 5.88 Å². The number of H-pyrrole nitrogens is 1. The Hall–Kier alpha value is -3.74. The van der Waals surface area contributed by atoms with Gasteiger partial charge >= 0.3 is 6.18 Å². The van der Waals surface area contributed by atoms with Gasteiger partial charge in [-0.3, -0.25) is 9.59 Å². The Kier molecular flexibility index (Phi) is 5.32. The second kappa shape index (κ2) is 8.43. The van der Waals surface area contributed by atoms with E-state index in [-0.39, 0.29) is 36.5 Å². The van der Waals surface area contributed by atoms with Crippen LogP contribution in [0.25, 0.3) is 11.0 Å². The number of carbonyl (C=O) groups excluding carboxylic acids is 2. The van der Waals surface area contributed by atoms with Crippen LogP contribution >= 0.6 is 0 Å². The predicted octanol–water partition coefficient (Wildman–Crippen LogP) is 1.99. The smallest absolute Gasteiger partial charge is 0.421 e. The molecular formula is C23H21F3N6O4. The number of nitrogens with zero attached hydrogens (tertiary/aromatic N) is 5. The van der Waals surface area contributed by atoms with E-state index in [0.29, 0.717) is 42.8 Å². The lowest BCUT2D eigenvalue weighted by molar-refractivity contribution is -0.142. The molecule has 2 atom stereocenters. The van der Waals surface area contributed by atoms with Gasteiger partial charge in [0.25, 0.3) is 11.8 Å². The number of aromatic nitrogens is 4. The number of alkyl halides is 3. The molecule has 188 valence electrons. The second-order valence-corrected chi connectivity index (χ2v) is 9.32. The largest absolute Gasteiger partial charge is 0.469 e. The molecule has 36 heavy (non-hydrogen) atoms. The Morgan fingerprint density at radius 3 is 2.19 bits per heavy atom. The van der Waals surface area contributed by atoms with Crippen molar-refractivity contribution in [1.29, 1.82) is 0 Å². The third-order valence-electron chi connectivity index (χ3n) is 6.91. The maximum absolute atomic E-state index is 13.6. The van der Waals surface area contributed by atoms with Gasteiger partial charge in [-0.05, 0) is 24.3 Å². The molecule has 10 nitrogen and oxygen atoms in total. The maximum atomic E-state index is 13.6. The van der Waals surface area contributed by atoms with Crippen LogP contribution in [-0.4, -0.2) is 87.5 Å². The first-order chi connectivity index (χ1) is 17.3. The molecular weight excluding hydrogens is 481 g/mol. The summed E-state index contributed by atoms with van der Waals surface area (Å²) in [6, 6.07) is 5.91. The van der Waals surface area contributed by atoms with Crippen molar-refractivity contribution >= 4 is 22.8 Å². The Bertz CT molecular complexity index is 1330. The standard InChI is InChI=1S/C23H21F3N6O4/c24-23(25,26)17-3-13(5-27-20(17)36-16-10-35-11-16)22(34)32-8-14-6-31(7-15(14)9-32)21(33)12-1-2-18-19(4-12)29-30-28-18/h1-5,14-16H,6-11H2,(H,28,29,30)/t14-,15?/m0/s1. The first-order valence-corrected chi connectivity index (χ1v) is 11.5. The van der Waals surface area contributed by atoms with Crippen LogP contribution in [0.4, 0.5) is 13.2 Å². The van der Waals surface area contributed by atoms with E-state index in [9.17, 15) is 22.8 Å². The lowest BCUT2D eigenvalue weighted by Gasteiger charge is -2.27. The molecule has 0 saturated carbocycles. The quantitative estimate of drug-likeness (QED) is 0.581. The van der Waals surface area contributed by atoms with E-state index in [1.165, 1.54) is 4.90 Å². The number of rotatable bonds is 4. The SMILES string of the molecule is O=C(c1cnc(OC2COC2)c(C(F)(F)F)c1)N1CC2CN(C(=O)c3ccc4n[nH]nc4c3)C[C@H]2C1. The van der Waals surface area contributed by atoms with Gasteiger partial charge in [0.1, 0.15) is 22.7 Å². The van der Waals surface area contributed by atoms with Crippen LogP contribution in [0.15, 0.2) is 30.5 Å². The zero-order valence-corrected chi connectivity index (χ0v) is 18.9. The lowest BCUT2D eigenvalue weighted by atomic mass is 10.0. The summed E-state index contributed by atoms with van der Waals surface area (Å²) in [4.78, 5) is 33.1. The second-order valence-electron chi connectivity index (χ2n) is 9.32. The molecule has 1 N–H and O–H groups in total. The van der Waals surface area contributed by atoms with Crippen molar-refractivity contribution in [1.82, 2.24) is 30.2 Å². The molecule has 5 heterocycles. The van der Waals surface area contributed by atoms with Crippen molar-refractivity contribution in [3.05, 3.63) is 47.2 Å². The van der Waals surface area contributed by atoms with E-state index in [1.54, 1.807) is 23.1 Å². The number of aromatic amines is 1. The van der Waals surface area contributed by atoms with Crippen LogP contribution in [0.3, 0.4) is 0 Å². The minimum atomic E-state index is -4.72. The molecule has 0 spiro atoms. The Morgan fingerprint density at radius 1 is 0.944 bits per heavy atom. The highest BCUT2D eigenvalue weighted by Crippen LogP contribution is 2.37. The van der Waals surface area contributed by atoms with Crippen molar-refractivity contribution < 1.29 is 32.2 Å². The number of hydrogen-bond donors (Lipinski definition) is 1. The molecule has 3 fully saturated rings. The summed E-state index contributed by atoms with van der Waals surface area (Å²) >= 11 is 0. The summed E-state index contributed by atoms with van der Waals surface area (Å²) in [7, 11) is 0. The third-order valence-corrected chi connectivity index (χ3v) is 6.91. The van der Waals surface area contributed by atoms with E-state index >= 15 is 0 Å². The fourth-order valence-corrected chi connectivity index (χ4v) is 4.97. The normalized spacial score (nSPS) is 22.1. The van der Waals surface area contributed by atoms with Gasteiger partial charge in [0.15, 0.2) is 0 Å². The minimum absolute atomic E-state index is 0.0463. The number of pyridine rings is 1. The van der Waals surface area contributed by atoms with E-state index in [4.69, 9.17) is 9.47 Å². The van der Waals surface area contributed by atoms with Crippen molar-refractivity contribution in [2.75, 3.05) is 39.4 Å². The van der Waals surface area contributed by atoms with Crippen LogP contribution in [0.2, 0.25) is 0 Å². The summed E-state index contributed by atoms with van der Waals surface area (Å²) in [5.74, 6) is -1.10. The van der Waals surface area contributed by atoms with Crippen LogP contribution < -0.4 is 4.74 Å². The van der Waals surface area contributed by atoms with E-state index in [1.807, 2.05) is 0 Å². The van der Waals surface area contributed by atoms with Crippen molar-refractivity contribution in [2.24, 2.45) is 11.8 Å². The van der Waals surface area contributed by atoms with Crippen LogP contribution in [0.1, 0.15) is 26.3 Å². The molecule has 2 aromatic heterocycles. The summed E-state index contributed by atoms with van der Waals surface area (Å²) in [6.45, 7) is 2.04. The highest BCUT2D eigenvalue weighted by atomic mass is 19.4. The van der Waals surface area contributed by atoms with E-state index in [0.717, 1.165) is 12.3 Å². The van der Waals surface area contributed by atoms with Gasteiger partial charge in [-0.15, -0.1) is 0 Å². The molecule has 3 saturated heterocycles. The fraction of sp³-hybridized carbons (Fsp3) is 0.435. The molecule has 6 rings (SSSR count). The molecule has 2 amide bonds. The molecule has 0 bridgehead atoms. The number of likely N-dealkylation sites (tertiary alicyclic amines) is 2. The van der Waals surface area contributed by atoms with Gasteiger partial charge in [0.05, 0.1) is 18.8 Å². The zero-order valence-electron chi connectivity index (χ0n) is 18.9. The molecule has 3 aliphatic heterocycles. The maximum Gasteiger partial charge on any atom is 0.421 e. The molecule has 0 aliphatic carbocycles. The minimum Gasteiger partial charge on any atom is -0.469 e.